The lowest BCUT2D eigenvalue weighted by Gasteiger charge is -2.16. The number of hydrogen-bond donors (Lipinski definition) is 4. The number of nitrogen functional groups attached to an aromatic ring is 1. The van der Waals surface area contributed by atoms with Gasteiger partial charge in [0.05, 0.1) is 12.4 Å². The zero-order valence-electron chi connectivity index (χ0n) is 15.0. The van der Waals surface area contributed by atoms with Crippen LogP contribution in [0.4, 0.5) is 5.82 Å². The molecular weight excluding hydrogens is 434 g/mol. The van der Waals surface area contributed by atoms with Gasteiger partial charge in [0, 0.05) is 17.5 Å². The summed E-state index contributed by atoms with van der Waals surface area (Å²) in [5.74, 6) is 1.27. The number of halogens is 1. The summed E-state index contributed by atoms with van der Waals surface area (Å²) in [6.45, 7) is 0. The van der Waals surface area contributed by atoms with E-state index in [1.165, 1.54) is 25.6 Å². The molecule has 1 saturated heterocycles. The van der Waals surface area contributed by atoms with Gasteiger partial charge in [-0.2, -0.15) is 12.6 Å². The molecule has 0 aromatic carbocycles. The van der Waals surface area contributed by atoms with E-state index in [9.17, 15) is 10.2 Å². The number of aryl methyl sites for hydroxylation is 1. The summed E-state index contributed by atoms with van der Waals surface area (Å²) in [6, 6.07) is 0. The Morgan fingerprint density at radius 3 is 2.59 bits per heavy atom. The van der Waals surface area contributed by atoms with Crippen LogP contribution in [0.3, 0.4) is 0 Å². The summed E-state index contributed by atoms with van der Waals surface area (Å²) in [4.78, 5) is 13.2. The number of imidazole rings is 1. The number of nitrogens with two attached hydrogens (primary N) is 1. The fraction of sp³-hybridized carbons (Fsp3) is 0.706. The van der Waals surface area contributed by atoms with Crippen LogP contribution < -0.4 is 5.73 Å². The van der Waals surface area contributed by atoms with Crippen molar-refractivity contribution in [2.24, 2.45) is 0 Å². The standard InChI is InChI=1S/C17H26BrN5O3S/c18-7-5-3-1-2-4-6-11-21-15(19)12-16(22-11)23(9-20-12)17-14(25)13(24)10(8-27)26-17/h9-10,13-14,17,24-25,27H,1-8H2,(H2,19,21,22)/t10-,13-,14-,17-/m1/s1. The molecule has 3 heterocycles. The summed E-state index contributed by atoms with van der Waals surface area (Å²) >= 11 is 7.60. The Balaban J connectivity index is 1.75. The first-order valence-corrected chi connectivity index (χ1v) is 11.0. The molecule has 3 rings (SSSR count). The van der Waals surface area contributed by atoms with E-state index >= 15 is 0 Å². The highest BCUT2D eigenvalue weighted by Gasteiger charge is 2.43. The number of aliphatic hydroxyl groups is 2. The molecule has 0 aliphatic carbocycles. The van der Waals surface area contributed by atoms with Crippen molar-refractivity contribution in [3.63, 3.8) is 0 Å². The molecule has 2 aromatic rings. The lowest BCUT2D eigenvalue weighted by Crippen LogP contribution is -2.32. The van der Waals surface area contributed by atoms with Gasteiger partial charge in [0.2, 0.25) is 0 Å². The molecule has 0 saturated carbocycles. The molecule has 4 atom stereocenters. The zero-order valence-corrected chi connectivity index (χ0v) is 17.5. The van der Waals surface area contributed by atoms with Crippen LogP contribution in [0.15, 0.2) is 6.33 Å². The van der Waals surface area contributed by atoms with Crippen molar-refractivity contribution in [1.82, 2.24) is 19.5 Å². The van der Waals surface area contributed by atoms with E-state index in [1.54, 1.807) is 4.57 Å². The molecule has 0 spiro atoms. The summed E-state index contributed by atoms with van der Waals surface area (Å²) in [6.07, 6.45) is 4.51. The molecule has 4 N–H and O–H groups in total. The van der Waals surface area contributed by atoms with Crippen LogP contribution in [0.25, 0.3) is 11.2 Å². The number of alkyl halides is 1. The molecule has 1 aliphatic rings. The number of nitrogens with zero attached hydrogens (tertiary/aromatic N) is 4. The molecule has 1 aliphatic heterocycles. The molecule has 8 nitrogen and oxygen atoms in total. The molecule has 0 amide bonds. The molecule has 0 radical (unpaired) electrons. The first kappa shape index (κ1) is 20.8. The Labute approximate surface area is 172 Å². The summed E-state index contributed by atoms with van der Waals surface area (Å²) in [5, 5.41) is 21.5. The second kappa shape index (κ2) is 9.51. The predicted octanol–water partition coefficient (Wildman–Crippen LogP) is 1.85. The maximum atomic E-state index is 10.3. The minimum Gasteiger partial charge on any atom is -0.387 e. The van der Waals surface area contributed by atoms with Crippen molar-refractivity contribution >= 4 is 45.5 Å². The number of unbranched alkanes of at least 4 members (excludes halogenated alkanes) is 4. The smallest absolute Gasteiger partial charge is 0.167 e. The second-order valence-electron chi connectivity index (χ2n) is 6.78. The molecule has 2 aromatic heterocycles. The number of hydrogen-bond acceptors (Lipinski definition) is 8. The highest BCUT2D eigenvalue weighted by Crippen LogP contribution is 2.32. The Kier molecular flexibility index (Phi) is 7.32. The van der Waals surface area contributed by atoms with Gasteiger partial charge in [-0.3, -0.25) is 4.57 Å². The van der Waals surface area contributed by atoms with Gasteiger partial charge in [0.15, 0.2) is 17.7 Å². The van der Waals surface area contributed by atoms with Gasteiger partial charge in [0.25, 0.3) is 0 Å². The van der Waals surface area contributed by atoms with Crippen molar-refractivity contribution in [3.8, 4) is 0 Å². The predicted molar refractivity (Wildman–Crippen MR) is 110 cm³/mol. The fourth-order valence-electron chi connectivity index (χ4n) is 3.30. The fourth-order valence-corrected chi connectivity index (χ4v) is 4.00. The minimum atomic E-state index is -1.09. The summed E-state index contributed by atoms with van der Waals surface area (Å²) in [5.41, 5.74) is 7.03. The van der Waals surface area contributed by atoms with Gasteiger partial charge in [-0.15, -0.1) is 0 Å². The first-order chi connectivity index (χ1) is 13.1. The van der Waals surface area contributed by atoms with E-state index in [2.05, 4.69) is 43.5 Å². The molecule has 150 valence electrons. The van der Waals surface area contributed by atoms with Crippen LogP contribution in [0.5, 0.6) is 0 Å². The number of thiol groups is 1. The Hall–Kier alpha value is -0.940. The van der Waals surface area contributed by atoms with Crippen LogP contribution in [0.2, 0.25) is 0 Å². The summed E-state index contributed by atoms with van der Waals surface area (Å²) < 4.78 is 7.36. The van der Waals surface area contributed by atoms with Gasteiger partial charge in [0.1, 0.15) is 23.5 Å². The van der Waals surface area contributed by atoms with E-state index in [4.69, 9.17) is 10.5 Å². The monoisotopic (exact) mass is 459 g/mol. The quantitative estimate of drug-likeness (QED) is 0.256. The van der Waals surface area contributed by atoms with Crippen LogP contribution in [0.1, 0.15) is 44.2 Å². The maximum Gasteiger partial charge on any atom is 0.167 e. The van der Waals surface area contributed by atoms with E-state index in [1.807, 2.05) is 0 Å². The van der Waals surface area contributed by atoms with Gasteiger partial charge >= 0.3 is 0 Å². The van der Waals surface area contributed by atoms with Gasteiger partial charge in [-0.25, -0.2) is 15.0 Å². The van der Waals surface area contributed by atoms with E-state index in [0.717, 1.165) is 24.6 Å². The molecule has 0 unspecified atom stereocenters. The molecular formula is C17H26BrN5O3S. The largest absolute Gasteiger partial charge is 0.387 e. The van der Waals surface area contributed by atoms with Crippen molar-refractivity contribution in [2.45, 2.75) is 63.1 Å². The van der Waals surface area contributed by atoms with Crippen LogP contribution >= 0.6 is 28.6 Å². The number of ether oxygens (including phenoxy) is 1. The van der Waals surface area contributed by atoms with Crippen LogP contribution in [-0.4, -0.2) is 59.1 Å². The van der Waals surface area contributed by atoms with E-state index in [-0.39, 0.29) is 0 Å². The highest BCUT2D eigenvalue weighted by atomic mass is 79.9. The third-order valence-corrected chi connectivity index (χ3v) is 5.74. The molecule has 0 bridgehead atoms. The number of aliphatic hydroxyl groups excluding tert-OH is 2. The van der Waals surface area contributed by atoms with Crippen molar-refractivity contribution < 1.29 is 14.9 Å². The average Bonchev–Trinajstić information content (AvgIpc) is 3.20. The topological polar surface area (TPSA) is 119 Å². The van der Waals surface area contributed by atoms with Gasteiger partial charge in [-0.05, 0) is 12.8 Å². The van der Waals surface area contributed by atoms with Crippen molar-refractivity contribution in [1.29, 1.82) is 0 Å². The highest BCUT2D eigenvalue weighted by molar-refractivity contribution is 9.09. The lowest BCUT2D eigenvalue weighted by atomic mass is 10.1. The Morgan fingerprint density at radius 1 is 1.15 bits per heavy atom. The first-order valence-electron chi connectivity index (χ1n) is 9.24. The van der Waals surface area contributed by atoms with E-state index < -0.39 is 24.5 Å². The Bertz CT molecular complexity index is 761. The Morgan fingerprint density at radius 2 is 1.89 bits per heavy atom. The molecule has 27 heavy (non-hydrogen) atoms. The number of rotatable bonds is 9. The maximum absolute atomic E-state index is 10.3. The lowest BCUT2D eigenvalue weighted by molar-refractivity contribution is -0.0288. The van der Waals surface area contributed by atoms with Gasteiger partial charge < -0.3 is 20.7 Å². The number of anilines is 1. The van der Waals surface area contributed by atoms with Crippen LogP contribution in [0, 0.1) is 0 Å². The number of fused-ring (bicyclic) bond motifs is 1. The third kappa shape index (κ3) is 4.56. The van der Waals surface area contributed by atoms with Crippen molar-refractivity contribution in [2.75, 3.05) is 16.8 Å². The molecule has 10 heteroatoms. The minimum absolute atomic E-state index is 0.304. The average molecular weight is 460 g/mol. The van der Waals surface area contributed by atoms with Gasteiger partial charge in [-0.1, -0.05) is 35.2 Å². The normalized spacial score (nSPS) is 25.5. The summed E-state index contributed by atoms with van der Waals surface area (Å²) in [7, 11) is 0. The second-order valence-corrected chi connectivity index (χ2v) is 7.94. The molecule has 1 fully saturated rings. The number of aromatic nitrogens is 4. The SMILES string of the molecule is Nc1nc(CCCCCCCBr)nc2c1ncn2[C@@H]1O[C@H](CS)[C@@H](O)[C@H]1O. The van der Waals surface area contributed by atoms with Crippen LogP contribution in [-0.2, 0) is 11.2 Å². The van der Waals surface area contributed by atoms with Crippen molar-refractivity contribution in [3.05, 3.63) is 12.2 Å². The third-order valence-electron chi connectivity index (χ3n) is 4.82. The van der Waals surface area contributed by atoms with E-state index in [0.29, 0.717) is 28.6 Å². The zero-order chi connectivity index (χ0) is 19.4.